The number of carbonyl (C=O) groups excluding carboxylic acids is 2. The zero-order valence-corrected chi connectivity index (χ0v) is 17.5. The van der Waals surface area contributed by atoms with Crippen molar-refractivity contribution in [2.24, 2.45) is 5.92 Å². The molecule has 0 spiro atoms. The van der Waals surface area contributed by atoms with Crippen molar-refractivity contribution in [2.75, 3.05) is 32.6 Å². The summed E-state index contributed by atoms with van der Waals surface area (Å²) < 4.78 is 25.1. The maximum absolute atomic E-state index is 12.2. The Morgan fingerprint density at radius 1 is 1.18 bits per heavy atom. The molecule has 1 aliphatic heterocycles. The lowest BCUT2D eigenvalue weighted by Gasteiger charge is -2.33. The van der Waals surface area contributed by atoms with Gasteiger partial charge < -0.3 is 15.5 Å². The number of urea groups is 1. The van der Waals surface area contributed by atoms with Gasteiger partial charge in [-0.15, -0.1) is 0 Å². The van der Waals surface area contributed by atoms with Gasteiger partial charge in [0.25, 0.3) is 10.0 Å². The van der Waals surface area contributed by atoms with Crippen LogP contribution in [-0.2, 0) is 19.7 Å². The number of hydrogen-bond donors (Lipinski definition) is 2. The van der Waals surface area contributed by atoms with Gasteiger partial charge in [0.15, 0.2) is 0 Å². The quantitative estimate of drug-likeness (QED) is 0.691. The molecule has 1 fully saturated rings. The van der Waals surface area contributed by atoms with Crippen molar-refractivity contribution in [1.82, 2.24) is 14.7 Å². The lowest BCUT2D eigenvalue weighted by molar-refractivity contribution is -0.135. The van der Waals surface area contributed by atoms with Gasteiger partial charge in [-0.3, -0.25) is 9.63 Å². The second-order valence-electron chi connectivity index (χ2n) is 6.97. The average Bonchev–Trinajstić information content (AvgIpc) is 2.67. The molecule has 2 rings (SSSR count). The molecule has 0 bridgehead atoms. The van der Waals surface area contributed by atoms with E-state index in [-0.39, 0.29) is 28.8 Å². The van der Waals surface area contributed by atoms with E-state index < -0.39 is 10.0 Å². The first-order valence-electron chi connectivity index (χ1n) is 9.14. The number of rotatable bonds is 6. The van der Waals surface area contributed by atoms with Crippen LogP contribution in [0.15, 0.2) is 29.2 Å². The molecular weight excluding hydrogens is 384 g/mol. The summed E-state index contributed by atoms with van der Waals surface area (Å²) in [5, 5.41) is 5.59. The first-order valence-corrected chi connectivity index (χ1v) is 10.6. The lowest BCUT2D eigenvalue weighted by Crippen LogP contribution is -2.48. The molecule has 0 unspecified atom stereocenters. The van der Waals surface area contributed by atoms with Gasteiger partial charge >= 0.3 is 6.03 Å². The number of anilines is 1. The molecule has 1 heterocycles. The van der Waals surface area contributed by atoms with Gasteiger partial charge in [0, 0.05) is 37.8 Å². The van der Waals surface area contributed by atoms with Gasteiger partial charge in [0.05, 0.1) is 12.0 Å². The third-order valence-electron chi connectivity index (χ3n) is 4.64. The topological polar surface area (TPSA) is 108 Å². The molecule has 0 radical (unpaired) electrons. The van der Waals surface area contributed by atoms with Gasteiger partial charge in [-0.2, -0.15) is 0 Å². The van der Waals surface area contributed by atoms with Crippen molar-refractivity contribution in [3.63, 3.8) is 0 Å². The van der Waals surface area contributed by atoms with Crippen molar-refractivity contribution in [1.29, 1.82) is 0 Å². The fraction of sp³-hybridized carbons (Fsp3) is 0.556. The molecule has 0 saturated carbocycles. The minimum atomic E-state index is -3.72. The normalized spacial score (nSPS) is 15.7. The molecule has 28 heavy (non-hydrogen) atoms. The number of amides is 3. The van der Waals surface area contributed by atoms with E-state index in [1.165, 1.54) is 38.4 Å². The van der Waals surface area contributed by atoms with Gasteiger partial charge in [-0.25, -0.2) is 13.2 Å². The van der Waals surface area contributed by atoms with Gasteiger partial charge in [-0.1, -0.05) is 18.3 Å². The summed E-state index contributed by atoms with van der Waals surface area (Å²) in [5.41, 5.74) is 0.476. The summed E-state index contributed by atoms with van der Waals surface area (Å²) in [7, 11) is -1.16. The Morgan fingerprint density at radius 3 is 2.25 bits per heavy atom. The zero-order chi connectivity index (χ0) is 20.9. The average molecular weight is 413 g/mol. The van der Waals surface area contributed by atoms with Crippen LogP contribution in [0.2, 0.25) is 0 Å². The smallest absolute Gasteiger partial charge is 0.319 e. The zero-order valence-electron chi connectivity index (χ0n) is 16.6. The van der Waals surface area contributed by atoms with E-state index in [2.05, 4.69) is 10.6 Å². The number of piperidine rings is 1. The van der Waals surface area contributed by atoms with Gasteiger partial charge in [0.1, 0.15) is 0 Å². The molecule has 1 saturated heterocycles. The summed E-state index contributed by atoms with van der Waals surface area (Å²) >= 11 is 0. The van der Waals surface area contributed by atoms with Gasteiger partial charge in [0.2, 0.25) is 5.91 Å². The van der Waals surface area contributed by atoms with Crippen molar-refractivity contribution in [3.05, 3.63) is 24.3 Å². The number of hydroxylamine groups is 1. The third kappa shape index (κ3) is 5.43. The highest BCUT2D eigenvalue weighted by Crippen LogP contribution is 2.18. The number of sulfonamides is 1. The predicted molar refractivity (Wildman–Crippen MR) is 105 cm³/mol. The first-order chi connectivity index (χ1) is 13.1. The maximum Gasteiger partial charge on any atom is 0.319 e. The standard InChI is InChI=1S/C18H28N4O5S/c1-13(2)17(23)22-11-9-15(10-12-22)20-18(24)19-14-5-7-16(8-6-14)28(25,26)21(3)27-4/h5-8,13,15H,9-12H2,1-4H3,(H2,19,20,24). The highest BCUT2D eigenvalue weighted by Gasteiger charge is 2.25. The third-order valence-corrected chi connectivity index (χ3v) is 6.34. The van der Waals surface area contributed by atoms with E-state index in [0.717, 1.165) is 4.47 Å². The molecule has 1 aromatic rings. The van der Waals surface area contributed by atoms with E-state index in [0.29, 0.717) is 31.6 Å². The molecule has 1 aromatic carbocycles. The molecule has 0 atom stereocenters. The number of benzene rings is 1. The highest BCUT2D eigenvalue weighted by molar-refractivity contribution is 7.89. The Bertz CT molecular complexity index is 787. The minimum Gasteiger partial charge on any atom is -0.342 e. The van der Waals surface area contributed by atoms with Crippen LogP contribution in [0.4, 0.5) is 10.5 Å². The van der Waals surface area contributed by atoms with Crippen LogP contribution in [0.3, 0.4) is 0 Å². The Labute approximate surface area is 166 Å². The van der Waals surface area contributed by atoms with Crippen LogP contribution in [0.25, 0.3) is 0 Å². The van der Waals surface area contributed by atoms with Crippen LogP contribution in [0, 0.1) is 5.92 Å². The Balaban J connectivity index is 1.86. The lowest BCUT2D eigenvalue weighted by atomic mass is 10.0. The molecule has 0 aromatic heterocycles. The second-order valence-corrected chi connectivity index (χ2v) is 8.91. The minimum absolute atomic E-state index is 0.00813. The first kappa shape index (κ1) is 22.1. The van der Waals surface area contributed by atoms with E-state index in [4.69, 9.17) is 4.84 Å². The van der Waals surface area contributed by atoms with Crippen LogP contribution in [-0.4, -0.2) is 63.0 Å². The van der Waals surface area contributed by atoms with E-state index >= 15 is 0 Å². The fourth-order valence-corrected chi connectivity index (χ4v) is 3.89. The van der Waals surface area contributed by atoms with Crippen LogP contribution >= 0.6 is 0 Å². The summed E-state index contributed by atoms with van der Waals surface area (Å²) in [6.07, 6.45) is 1.40. The number of hydrogen-bond acceptors (Lipinski definition) is 5. The number of carbonyl (C=O) groups is 2. The van der Waals surface area contributed by atoms with Crippen molar-refractivity contribution >= 4 is 27.6 Å². The van der Waals surface area contributed by atoms with E-state index in [9.17, 15) is 18.0 Å². The summed E-state index contributed by atoms with van der Waals surface area (Å²) in [4.78, 5) is 30.8. The van der Waals surface area contributed by atoms with Crippen LogP contribution in [0.5, 0.6) is 0 Å². The molecule has 156 valence electrons. The van der Waals surface area contributed by atoms with Crippen LogP contribution < -0.4 is 10.6 Å². The molecule has 3 amide bonds. The number of nitrogens with zero attached hydrogens (tertiary/aromatic N) is 2. The maximum atomic E-state index is 12.2. The van der Waals surface area contributed by atoms with Crippen LogP contribution in [0.1, 0.15) is 26.7 Å². The molecule has 2 N–H and O–H groups in total. The molecular formula is C18H28N4O5S. The highest BCUT2D eigenvalue weighted by atomic mass is 32.2. The fourth-order valence-electron chi connectivity index (χ4n) is 2.92. The molecule has 0 aliphatic carbocycles. The summed E-state index contributed by atoms with van der Waals surface area (Å²) in [6, 6.07) is 5.46. The van der Waals surface area contributed by atoms with Gasteiger partial charge in [-0.05, 0) is 37.1 Å². The molecule has 10 heteroatoms. The SMILES string of the molecule is CON(C)S(=O)(=O)c1ccc(NC(=O)NC2CCN(C(=O)C(C)C)CC2)cc1. The second kappa shape index (κ2) is 9.35. The van der Waals surface area contributed by atoms with E-state index in [1.807, 2.05) is 18.7 Å². The molecule has 1 aliphatic rings. The monoisotopic (exact) mass is 412 g/mol. The summed E-state index contributed by atoms with van der Waals surface area (Å²) in [5.74, 6) is 0.111. The molecule has 9 nitrogen and oxygen atoms in total. The predicted octanol–water partition coefficient (Wildman–Crippen LogP) is 1.64. The number of likely N-dealkylation sites (tertiary alicyclic amines) is 1. The summed E-state index contributed by atoms with van der Waals surface area (Å²) in [6.45, 7) is 5.01. The van der Waals surface area contributed by atoms with Crippen molar-refractivity contribution in [2.45, 2.75) is 37.6 Å². The number of nitrogens with one attached hydrogen (secondary N) is 2. The Morgan fingerprint density at radius 2 is 1.75 bits per heavy atom. The largest absolute Gasteiger partial charge is 0.342 e. The Kier molecular flexibility index (Phi) is 7.39. The van der Waals surface area contributed by atoms with Crippen molar-refractivity contribution < 1.29 is 22.8 Å². The van der Waals surface area contributed by atoms with Crippen molar-refractivity contribution in [3.8, 4) is 0 Å². The van der Waals surface area contributed by atoms with E-state index in [1.54, 1.807) is 0 Å². The Hall–Kier alpha value is -2.17.